The first-order valence-corrected chi connectivity index (χ1v) is 20.4. The molecule has 1 unspecified atom stereocenters. The van der Waals surface area contributed by atoms with Gasteiger partial charge in [-0.3, -0.25) is 4.57 Å². The van der Waals surface area contributed by atoms with Gasteiger partial charge in [0.1, 0.15) is 17.3 Å². The van der Waals surface area contributed by atoms with Gasteiger partial charge >= 0.3 is 0 Å². The predicted octanol–water partition coefficient (Wildman–Crippen LogP) is 14.4. The molecule has 0 radical (unpaired) electrons. The molecule has 9 rings (SSSR count). The van der Waals surface area contributed by atoms with Crippen LogP contribution < -0.4 is 13.9 Å². The van der Waals surface area contributed by atoms with Crippen molar-refractivity contribution in [2.24, 2.45) is 0 Å². The molecule has 7 aromatic rings. The van der Waals surface area contributed by atoms with E-state index in [-0.39, 0.29) is 5.41 Å². The third-order valence-corrected chi connectivity index (χ3v) is 12.6. The Morgan fingerprint density at radius 2 is 1.27 bits per heavy atom. The molecule has 2 atom stereocenters. The molecule has 278 valence electrons. The molecule has 0 amide bonds. The summed E-state index contributed by atoms with van der Waals surface area (Å²) < 4.78 is 10.6. The monoisotopic (exact) mass is 725 g/mol. The molecular formula is C50H53N4O+. The number of benzene rings is 5. The summed E-state index contributed by atoms with van der Waals surface area (Å²) in [5, 5.41) is 2.41. The van der Waals surface area contributed by atoms with E-state index < -0.39 is 0 Å². The number of rotatable bonds is 11. The van der Waals surface area contributed by atoms with Crippen LogP contribution in [0.25, 0.3) is 27.6 Å². The summed E-state index contributed by atoms with van der Waals surface area (Å²) in [7, 11) is 0. The molecular weight excluding hydrogens is 673 g/mol. The SMILES string of the molecule is CCC(CC)c1cc(Oc2ccc3c4ccccc4n(-c4cc(C(CC)CC)ccn4)c3c2)cc([N+]23[CH-][N@+]2(c2cccc(C(C)(C)C)c2)c2ccccc23)c1. The molecule has 2 aliphatic rings. The standard InChI is InChI=1S/C50H53N4O/c1-8-34(9-2)36-25-26-51-49(29-36)52-45-20-13-12-19-43(45)44-24-23-41(32-46(44)52)55-42-28-37(35(10-3)11-4)27-40(31-42)54-33-53(54,47-21-14-15-22-48(47)54)39-18-16-17-38(30-39)50(5,6)7/h12-35H,8-11H2,1-7H3/q+1/t53-,54?/m0/s1. The van der Waals surface area contributed by atoms with Crippen molar-refractivity contribution in [3.8, 4) is 17.3 Å². The number of pyridine rings is 1. The van der Waals surface area contributed by atoms with E-state index in [2.05, 4.69) is 181 Å². The maximum Gasteiger partial charge on any atom is 0.225 e. The Morgan fingerprint density at radius 3 is 2.00 bits per heavy atom. The first-order chi connectivity index (χ1) is 26.7. The fourth-order valence-corrected chi connectivity index (χ4v) is 9.46. The van der Waals surface area contributed by atoms with E-state index in [0.717, 1.165) is 54.0 Å². The van der Waals surface area contributed by atoms with Crippen molar-refractivity contribution in [3.63, 3.8) is 0 Å². The number of aromatic nitrogens is 2. The lowest BCUT2D eigenvalue weighted by Crippen LogP contribution is -2.46. The van der Waals surface area contributed by atoms with Gasteiger partial charge in [-0.15, -0.1) is 0 Å². The van der Waals surface area contributed by atoms with Crippen LogP contribution in [-0.2, 0) is 5.41 Å². The minimum absolute atomic E-state index is 0.0554. The molecule has 0 spiro atoms. The highest BCUT2D eigenvalue weighted by Gasteiger charge is 2.78. The maximum absolute atomic E-state index is 7.00. The van der Waals surface area contributed by atoms with Crippen molar-refractivity contribution in [3.05, 3.63) is 151 Å². The molecule has 5 heteroatoms. The van der Waals surface area contributed by atoms with Crippen molar-refractivity contribution in [2.75, 3.05) is 0 Å². The van der Waals surface area contributed by atoms with Crippen LogP contribution >= 0.6 is 0 Å². The number of hydrogen-bond donors (Lipinski definition) is 0. The van der Waals surface area contributed by atoms with Gasteiger partial charge in [0.05, 0.1) is 11.0 Å². The van der Waals surface area contributed by atoms with Crippen LogP contribution in [0.3, 0.4) is 0 Å². The van der Waals surface area contributed by atoms with Crippen molar-refractivity contribution in [1.82, 2.24) is 18.7 Å². The predicted molar refractivity (Wildman–Crippen MR) is 231 cm³/mol. The Kier molecular flexibility index (Phi) is 8.52. The van der Waals surface area contributed by atoms with Crippen molar-refractivity contribution < 1.29 is 4.74 Å². The summed E-state index contributed by atoms with van der Waals surface area (Å²) in [5.74, 6) is 3.57. The molecule has 1 fully saturated rings. The summed E-state index contributed by atoms with van der Waals surface area (Å²) in [6.07, 6.45) is 6.33. The summed E-state index contributed by atoms with van der Waals surface area (Å²) in [5.41, 5.74) is 11.5. The van der Waals surface area contributed by atoms with E-state index in [0.29, 0.717) is 21.0 Å². The normalized spacial score (nSPS) is 18.8. The summed E-state index contributed by atoms with van der Waals surface area (Å²) in [6, 6.07) is 44.8. The molecule has 5 nitrogen and oxygen atoms in total. The van der Waals surface area contributed by atoms with Gasteiger partial charge in [-0.1, -0.05) is 90.9 Å². The van der Waals surface area contributed by atoms with Crippen LogP contribution in [0.4, 0.5) is 22.7 Å². The van der Waals surface area contributed by atoms with Crippen LogP contribution in [0, 0.1) is 6.67 Å². The van der Waals surface area contributed by atoms with Crippen molar-refractivity contribution >= 4 is 44.6 Å². The highest BCUT2D eigenvalue weighted by atomic mass is 16.5. The zero-order valence-electron chi connectivity index (χ0n) is 33.4. The quantitative estimate of drug-likeness (QED) is 0.0754. The van der Waals surface area contributed by atoms with E-state index in [9.17, 15) is 0 Å². The molecule has 55 heavy (non-hydrogen) atoms. The van der Waals surface area contributed by atoms with Gasteiger partial charge in [0.15, 0.2) is 18.0 Å². The number of fused-ring (bicyclic) bond motifs is 7. The third-order valence-electron chi connectivity index (χ3n) is 12.6. The molecule has 0 saturated carbocycles. The zero-order valence-corrected chi connectivity index (χ0v) is 33.4. The number of ether oxygens (including phenoxy) is 1. The summed E-state index contributed by atoms with van der Waals surface area (Å²) >= 11 is 0. The number of quaternary nitrogens is 2. The topological polar surface area (TPSA) is 27.1 Å². The summed E-state index contributed by atoms with van der Waals surface area (Å²) in [6.45, 7) is 18.5. The van der Waals surface area contributed by atoms with Gasteiger partial charge < -0.3 is 4.74 Å². The molecule has 4 heterocycles. The first kappa shape index (κ1) is 35.5. The molecule has 2 aromatic heterocycles. The van der Waals surface area contributed by atoms with E-state index in [4.69, 9.17) is 9.72 Å². The number of hydrogen-bond acceptors (Lipinski definition) is 2. The molecule has 0 bridgehead atoms. The molecule has 0 aliphatic carbocycles. The smallest absolute Gasteiger partial charge is 0.225 e. The second kappa shape index (κ2) is 13.2. The van der Waals surface area contributed by atoms with E-state index in [1.165, 1.54) is 50.2 Å². The molecule has 5 aromatic carbocycles. The van der Waals surface area contributed by atoms with Crippen LogP contribution in [0.15, 0.2) is 128 Å². The Morgan fingerprint density at radius 1 is 0.600 bits per heavy atom. The Hall–Kier alpha value is -5.23. The van der Waals surface area contributed by atoms with Crippen molar-refractivity contribution in [1.29, 1.82) is 0 Å². The fourth-order valence-electron chi connectivity index (χ4n) is 9.46. The van der Waals surface area contributed by atoms with Gasteiger partial charge in [0, 0.05) is 59.4 Å². The lowest BCUT2D eigenvalue weighted by atomic mass is 9.87. The largest absolute Gasteiger partial charge is 0.457 e. The Bertz CT molecular complexity index is 2570. The summed E-state index contributed by atoms with van der Waals surface area (Å²) in [4.78, 5) is 4.94. The average Bonchev–Trinajstić information content (AvgIpc) is 3.69. The van der Waals surface area contributed by atoms with Gasteiger partial charge in [-0.05, 0) is 96.0 Å². The highest BCUT2D eigenvalue weighted by molar-refractivity contribution is 6.09. The van der Waals surface area contributed by atoms with Crippen LogP contribution in [-0.4, -0.2) is 9.55 Å². The second-order valence-corrected chi connectivity index (χ2v) is 16.6. The Labute approximate surface area is 326 Å². The van der Waals surface area contributed by atoms with Gasteiger partial charge in [-0.2, -0.15) is 9.18 Å². The number of nitrogens with zero attached hydrogens (tertiary/aromatic N) is 4. The Balaban J connectivity index is 1.17. The fraction of sp³-hybridized carbons (Fsp3) is 0.280. The molecule has 0 N–H and O–H groups in total. The highest BCUT2D eigenvalue weighted by Crippen LogP contribution is 2.75. The van der Waals surface area contributed by atoms with E-state index in [1.54, 1.807) is 0 Å². The number of para-hydroxylation sites is 3. The zero-order chi connectivity index (χ0) is 38.1. The van der Waals surface area contributed by atoms with Gasteiger partial charge in [-0.25, -0.2) is 4.98 Å². The second-order valence-electron chi connectivity index (χ2n) is 16.6. The van der Waals surface area contributed by atoms with Gasteiger partial charge in [0.25, 0.3) is 0 Å². The third kappa shape index (κ3) is 5.38. The first-order valence-electron chi connectivity index (χ1n) is 20.4. The minimum atomic E-state index is 0.0554. The van der Waals surface area contributed by atoms with Crippen LogP contribution in [0.2, 0.25) is 0 Å². The molecule has 2 aliphatic heterocycles. The van der Waals surface area contributed by atoms with Gasteiger partial charge in [0.2, 0.25) is 11.4 Å². The average molecular weight is 726 g/mol. The van der Waals surface area contributed by atoms with Crippen LogP contribution in [0.1, 0.15) is 103 Å². The lowest BCUT2D eigenvalue weighted by Gasteiger charge is -2.40. The molecule has 1 saturated heterocycles. The van der Waals surface area contributed by atoms with E-state index in [1.807, 2.05) is 6.20 Å². The van der Waals surface area contributed by atoms with Crippen molar-refractivity contribution in [2.45, 2.75) is 91.4 Å². The lowest BCUT2D eigenvalue weighted by molar-refractivity contribution is 0.422. The van der Waals surface area contributed by atoms with E-state index >= 15 is 0 Å². The minimum Gasteiger partial charge on any atom is -0.457 e. The maximum atomic E-state index is 7.00. The van der Waals surface area contributed by atoms with Crippen LogP contribution in [0.5, 0.6) is 11.5 Å².